The smallest absolute Gasteiger partial charge is 0.331 e. The minimum atomic E-state index is -0.653. The van der Waals surface area contributed by atoms with Gasteiger partial charge in [0, 0.05) is 17.2 Å². The van der Waals surface area contributed by atoms with Gasteiger partial charge in [0.2, 0.25) is 0 Å². The van der Waals surface area contributed by atoms with Crippen molar-refractivity contribution in [3.05, 3.63) is 39.9 Å². The average molecular weight is 336 g/mol. The first-order valence-corrected chi connectivity index (χ1v) is 7.09. The Bertz CT molecular complexity index is 553. The van der Waals surface area contributed by atoms with Gasteiger partial charge < -0.3 is 4.74 Å². The quantitative estimate of drug-likeness (QED) is 0.461. The molecular formula is C14H13Cl3O3. The van der Waals surface area contributed by atoms with E-state index in [-0.39, 0.29) is 22.3 Å². The third-order valence-electron chi connectivity index (χ3n) is 2.42. The molecule has 0 saturated carbocycles. The van der Waals surface area contributed by atoms with Crippen LogP contribution in [0.4, 0.5) is 0 Å². The predicted molar refractivity (Wildman–Crippen MR) is 81.4 cm³/mol. The van der Waals surface area contributed by atoms with Gasteiger partial charge in [-0.2, -0.15) is 0 Å². The van der Waals surface area contributed by atoms with Crippen molar-refractivity contribution in [1.29, 1.82) is 0 Å². The van der Waals surface area contributed by atoms with Gasteiger partial charge in [0.15, 0.2) is 5.78 Å². The number of ketones is 1. The monoisotopic (exact) mass is 334 g/mol. The molecule has 6 heteroatoms. The molecule has 3 nitrogen and oxygen atoms in total. The zero-order valence-corrected chi connectivity index (χ0v) is 13.2. The summed E-state index contributed by atoms with van der Waals surface area (Å²) in [5.74, 6) is -0.795. The molecule has 0 saturated heterocycles. The number of carbonyl (C=O) groups excluding carboxylic acids is 2. The number of hydrogen-bond acceptors (Lipinski definition) is 3. The van der Waals surface area contributed by atoms with E-state index in [0.717, 1.165) is 6.08 Å². The summed E-state index contributed by atoms with van der Waals surface area (Å²) in [5.41, 5.74) is 0.534. The topological polar surface area (TPSA) is 43.4 Å². The van der Waals surface area contributed by atoms with Crippen LogP contribution in [-0.4, -0.2) is 23.7 Å². The molecule has 0 heterocycles. The largest absolute Gasteiger partial charge is 0.458 e. The molecule has 20 heavy (non-hydrogen) atoms. The van der Waals surface area contributed by atoms with E-state index in [9.17, 15) is 9.59 Å². The molecular weight excluding hydrogens is 323 g/mol. The zero-order chi connectivity index (χ0) is 15.3. The Balaban J connectivity index is 3.15. The molecule has 108 valence electrons. The standard InChI is InChI=1S/C14H13Cl3O3/c1-8(7-15)20-13(19)6-11(9(2)18)10-4-3-5-12(16)14(10)17/h3-6,8H,7H2,1-2H3. The first kappa shape index (κ1) is 17.0. The SMILES string of the molecule is CC(=O)C(=CC(=O)OC(C)CCl)c1cccc(Cl)c1Cl. The highest BCUT2D eigenvalue weighted by molar-refractivity contribution is 6.44. The van der Waals surface area contributed by atoms with Crippen molar-refractivity contribution in [2.45, 2.75) is 20.0 Å². The summed E-state index contributed by atoms with van der Waals surface area (Å²) in [6, 6.07) is 4.85. The number of halogens is 3. The first-order valence-electron chi connectivity index (χ1n) is 5.80. The number of Topliss-reactive ketones (excluding diaryl/α,β-unsaturated/α-hetero) is 1. The summed E-state index contributed by atoms with van der Waals surface area (Å²) in [6.07, 6.45) is 0.659. The summed E-state index contributed by atoms with van der Waals surface area (Å²) >= 11 is 17.5. The van der Waals surface area contributed by atoms with E-state index in [2.05, 4.69) is 0 Å². The molecule has 0 fully saturated rings. The average Bonchev–Trinajstić information content (AvgIpc) is 2.39. The molecule has 0 spiro atoms. The third-order valence-corrected chi connectivity index (χ3v) is 3.67. The predicted octanol–water partition coefficient (Wildman–Crippen LogP) is 4.14. The van der Waals surface area contributed by atoms with E-state index in [0.29, 0.717) is 10.6 Å². The number of benzene rings is 1. The van der Waals surface area contributed by atoms with E-state index in [1.807, 2.05) is 0 Å². The number of carbonyl (C=O) groups is 2. The summed E-state index contributed by atoms with van der Waals surface area (Å²) < 4.78 is 5.00. The van der Waals surface area contributed by atoms with Crippen molar-refractivity contribution < 1.29 is 14.3 Å². The van der Waals surface area contributed by atoms with E-state index in [1.165, 1.54) is 6.92 Å². The molecule has 1 rings (SSSR count). The zero-order valence-electron chi connectivity index (χ0n) is 11.0. The Labute approximate surface area is 132 Å². The second-order valence-corrected chi connectivity index (χ2v) is 5.21. The molecule has 1 atom stereocenters. The van der Waals surface area contributed by atoms with Gasteiger partial charge in [-0.3, -0.25) is 4.79 Å². The molecule has 0 radical (unpaired) electrons. The van der Waals surface area contributed by atoms with Gasteiger partial charge in [0.25, 0.3) is 0 Å². The molecule has 0 N–H and O–H groups in total. The normalized spacial score (nSPS) is 12.9. The Kier molecular flexibility index (Phi) is 6.53. The Morgan fingerprint density at radius 3 is 2.55 bits per heavy atom. The van der Waals surface area contributed by atoms with Gasteiger partial charge >= 0.3 is 5.97 Å². The van der Waals surface area contributed by atoms with Crippen molar-refractivity contribution in [1.82, 2.24) is 0 Å². The molecule has 0 aliphatic rings. The van der Waals surface area contributed by atoms with E-state index in [1.54, 1.807) is 25.1 Å². The van der Waals surface area contributed by atoms with Crippen LogP contribution in [0.25, 0.3) is 5.57 Å². The molecule has 1 unspecified atom stereocenters. The van der Waals surface area contributed by atoms with Crippen LogP contribution >= 0.6 is 34.8 Å². The van der Waals surface area contributed by atoms with E-state index < -0.39 is 12.1 Å². The number of esters is 1. The van der Waals surface area contributed by atoms with Crippen molar-refractivity contribution in [2.75, 3.05) is 5.88 Å². The Morgan fingerprint density at radius 2 is 2.00 bits per heavy atom. The lowest BCUT2D eigenvalue weighted by Crippen LogP contribution is -2.15. The van der Waals surface area contributed by atoms with Crippen LogP contribution in [0.3, 0.4) is 0 Å². The first-order chi connectivity index (χ1) is 9.36. The van der Waals surface area contributed by atoms with Gasteiger partial charge in [-0.25, -0.2) is 4.79 Å². The van der Waals surface area contributed by atoms with E-state index in [4.69, 9.17) is 39.5 Å². The minimum Gasteiger partial charge on any atom is -0.458 e. The second-order valence-electron chi connectivity index (χ2n) is 4.12. The van der Waals surface area contributed by atoms with Crippen LogP contribution in [0.5, 0.6) is 0 Å². The van der Waals surface area contributed by atoms with Gasteiger partial charge in [-0.05, 0) is 19.9 Å². The maximum absolute atomic E-state index is 11.7. The van der Waals surface area contributed by atoms with Crippen molar-refractivity contribution >= 4 is 52.1 Å². The third kappa shape index (κ3) is 4.51. The van der Waals surface area contributed by atoms with Crippen molar-refractivity contribution in [3.63, 3.8) is 0 Å². The minimum absolute atomic E-state index is 0.143. The van der Waals surface area contributed by atoms with Crippen LogP contribution in [0.2, 0.25) is 10.0 Å². The highest BCUT2D eigenvalue weighted by Gasteiger charge is 2.16. The van der Waals surface area contributed by atoms with Crippen LogP contribution in [0.15, 0.2) is 24.3 Å². The van der Waals surface area contributed by atoms with Crippen LogP contribution in [0.1, 0.15) is 19.4 Å². The van der Waals surface area contributed by atoms with Crippen LogP contribution in [0, 0.1) is 0 Å². The maximum atomic E-state index is 11.7. The summed E-state index contributed by atoms with van der Waals surface area (Å²) in [6.45, 7) is 2.99. The lowest BCUT2D eigenvalue weighted by Gasteiger charge is -2.10. The maximum Gasteiger partial charge on any atom is 0.331 e. The fourth-order valence-corrected chi connectivity index (χ4v) is 1.93. The van der Waals surface area contributed by atoms with Crippen LogP contribution < -0.4 is 0 Å². The lowest BCUT2D eigenvalue weighted by molar-refractivity contribution is -0.141. The summed E-state index contributed by atoms with van der Waals surface area (Å²) in [4.78, 5) is 23.4. The van der Waals surface area contributed by atoms with Gasteiger partial charge in [0.1, 0.15) is 6.10 Å². The summed E-state index contributed by atoms with van der Waals surface area (Å²) in [7, 11) is 0. The van der Waals surface area contributed by atoms with Crippen molar-refractivity contribution in [2.24, 2.45) is 0 Å². The number of alkyl halides is 1. The molecule has 0 amide bonds. The second kappa shape index (κ2) is 7.67. The van der Waals surface area contributed by atoms with Crippen molar-refractivity contribution in [3.8, 4) is 0 Å². The fraction of sp³-hybridized carbons (Fsp3) is 0.286. The molecule has 0 aromatic heterocycles. The van der Waals surface area contributed by atoms with Gasteiger partial charge in [0.05, 0.1) is 15.9 Å². The molecule has 1 aromatic carbocycles. The van der Waals surface area contributed by atoms with E-state index >= 15 is 0 Å². The number of hydrogen-bond donors (Lipinski definition) is 0. The van der Waals surface area contributed by atoms with Crippen LogP contribution in [-0.2, 0) is 14.3 Å². The number of rotatable bonds is 5. The Hall–Kier alpha value is -1.03. The highest BCUT2D eigenvalue weighted by atomic mass is 35.5. The molecule has 1 aromatic rings. The number of ether oxygens (including phenoxy) is 1. The molecule has 0 aliphatic carbocycles. The van der Waals surface area contributed by atoms with Gasteiger partial charge in [-0.15, -0.1) is 11.6 Å². The molecule has 0 bridgehead atoms. The molecule has 0 aliphatic heterocycles. The van der Waals surface area contributed by atoms with Gasteiger partial charge in [-0.1, -0.05) is 35.3 Å². The highest BCUT2D eigenvalue weighted by Crippen LogP contribution is 2.31. The fourth-order valence-electron chi connectivity index (χ4n) is 1.46. The number of allylic oxidation sites excluding steroid dienone is 1. The summed E-state index contributed by atoms with van der Waals surface area (Å²) in [5, 5.41) is 0.521. The Morgan fingerprint density at radius 1 is 1.35 bits per heavy atom. The lowest BCUT2D eigenvalue weighted by atomic mass is 10.0.